The average molecular weight is 346 g/mol. The van der Waals surface area contributed by atoms with Crippen LogP contribution in [0.15, 0.2) is 47.4 Å². The van der Waals surface area contributed by atoms with Gasteiger partial charge in [0.2, 0.25) is 10.0 Å². The summed E-state index contributed by atoms with van der Waals surface area (Å²) in [6.07, 6.45) is 2.61. The van der Waals surface area contributed by atoms with Crippen molar-refractivity contribution in [2.45, 2.75) is 17.7 Å². The molecule has 0 spiro atoms. The smallest absolute Gasteiger partial charge is 0.241 e. The van der Waals surface area contributed by atoms with Gasteiger partial charge in [-0.3, -0.25) is 4.79 Å². The van der Waals surface area contributed by atoms with E-state index in [0.29, 0.717) is 17.7 Å². The van der Waals surface area contributed by atoms with Crippen molar-refractivity contribution in [2.75, 3.05) is 18.0 Å². The summed E-state index contributed by atoms with van der Waals surface area (Å²) in [4.78, 5) is 13.1. The number of hydrogen-bond acceptors (Lipinski definition) is 5. The standard InChI is InChI=1S/C17H18N2O4S/c18-24(21,22)16-11-13(12-20)10-15(19-8-4-5-9-19)17(16)23-14-6-2-1-3-7-14/h1-3,6-7,10-12H,4-5,8-9H2,(H2,18,21,22). The zero-order valence-corrected chi connectivity index (χ0v) is 13.8. The SMILES string of the molecule is NS(=O)(=O)c1cc(C=O)cc(N2CCCC2)c1Oc1ccccc1. The van der Waals surface area contributed by atoms with Gasteiger partial charge in [0.1, 0.15) is 16.9 Å². The summed E-state index contributed by atoms with van der Waals surface area (Å²) in [5.41, 5.74) is 0.825. The Labute approximate surface area is 140 Å². The normalized spacial score (nSPS) is 14.6. The molecule has 126 valence electrons. The fourth-order valence-electron chi connectivity index (χ4n) is 2.79. The van der Waals surface area contributed by atoms with Gasteiger partial charge in [-0.25, -0.2) is 13.6 Å². The van der Waals surface area contributed by atoms with Gasteiger partial charge in [-0.15, -0.1) is 0 Å². The molecule has 6 nitrogen and oxygen atoms in total. The van der Waals surface area contributed by atoms with Crippen LogP contribution < -0.4 is 14.8 Å². The van der Waals surface area contributed by atoms with Crippen molar-refractivity contribution < 1.29 is 17.9 Å². The molecular formula is C17H18N2O4S. The van der Waals surface area contributed by atoms with Crippen molar-refractivity contribution in [3.05, 3.63) is 48.0 Å². The number of benzene rings is 2. The fraction of sp³-hybridized carbons (Fsp3) is 0.235. The highest BCUT2D eigenvalue weighted by Crippen LogP contribution is 2.40. The number of hydrogen-bond donors (Lipinski definition) is 1. The minimum atomic E-state index is -4.05. The van der Waals surface area contributed by atoms with Crippen molar-refractivity contribution in [3.63, 3.8) is 0 Å². The molecule has 0 bridgehead atoms. The van der Waals surface area contributed by atoms with E-state index in [1.807, 2.05) is 11.0 Å². The molecule has 2 aromatic rings. The lowest BCUT2D eigenvalue weighted by atomic mass is 10.2. The molecule has 1 saturated heterocycles. The Bertz CT molecular complexity index is 844. The lowest BCUT2D eigenvalue weighted by Crippen LogP contribution is -2.21. The van der Waals surface area contributed by atoms with Crippen LogP contribution >= 0.6 is 0 Å². The molecule has 3 rings (SSSR count). The van der Waals surface area contributed by atoms with Gasteiger partial charge < -0.3 is 9.64 Å². The molecule has 0 saturated carbocycles. The Balaban J connectivity index is 2.19. The van der Waals surface area contributed by atoms with Crippen LogP contribution in [0.4, 0.5) is 5.69 Å². The summed E-state index contributed by atoms with van der Waals surface area (Å²) in [6.45, 7) is 1.55. The number of anilines is 1. The summed E-state index contributed by atoms with van der Waals surface area (Å²) in [6, 6.07) is 11.8. The topological polar surface area (TPSA) is 89.7 Å². The van der Waals surface area contributed by atoms with Gasteiger partial charge in [-0.05, 0) is 37.1 Å². The second kappa shape index (κ2) is 6.62. The third-order valence-electron chi connectivity index (χ3n) is 3.91. The number of primary sulfonamides is 1. The minimum Gasteiger partial charge on any atom is -0.454 e. The molecule has 0 aliphatic carbocycles. The molecule has 24 heavy (non-hydrogen) atoms. The maximum absolute atomic E-state index is 12.0. The van der Waals surface area contributed by atoms with E-state index in [1.165, 1.54) is 6.07 Å². The molecule has 0 atom stereocenters. The van der Waals surface area contributed by atoms with Gasteiger partial charge >= 0.3 is 0 Å². The Morgan fingerprint density at radius 2 is 1.75 bits per heavy atom. The number of para-hydroxylation sites is 1. The predicted octanol–water partition coefficient (Wildman–Crippen LogP) is 2.54. The second-order valence-corrected chi connectivity index (χ2v) is 7.17. The maximum atomic E-state index is 12.0. The second-order valence-electron chi connectivity index (χ2n) is 5.64. The van der Waals surface area contributed by atoms with Crippen molar-refractivity contribution in [3.8, 4) is 11.5 Å². The highest BCUT2D eigenvalue weighted by molar-refractivity contribution is 7.89. The lowest BCUT2D eigenvalue weighted by molar-refractivity contribution is 0.112. The number of carbonyl (C=O) groups excluding carboxylic acids is 1. The first-order valence-electron chi connectivity index (χ1n) is 7.63. The summed E-state index contributed by atoms with van der Waals surface area (Å²) in [5.74, 6) is 0.665. The largest absolute Gasteiger partial charge is 0.454 e. The zero-order chi connectivity index (χ0) is 17.2. The molecule has 0 aromatic heterocycles. The Hall–Kier alpha value is -2.38. The molecule has 0 amide bonds. The highest BCUT2D eigenvalue weighted by Gasteiger charge is 2.25. The van der Waals surface area contributed by atoms with Crippen LogP contribution in [0.2, 0.25) is 0 Å². The van der Waals surface area contributed by atoms with E-state index >= 15 is 0 Å². The van der Waals surface area contributed by atoms with E-state index in [2.05, 4.69) is 0 Å². The van der Waals surface area contributed by atoms with E-state index in [-0.39, 0.29) is 16.2 Å². The molecule has 1 aliphatic rings. The Morgan fingerprint density at radius 1 is 1.08 bits per heavy atom. The van der Waals surface area contributed by atoms with E-state index in [1.54, 1.807) is 30.3 Å². The van der Waals surface area contributed by atoms with Crippen molar-refractivity contribution in [1.82, 2.24) is 0 Å². The van der Waals surface area contributed by atoms with E-state index < -0.39 is 10.0 Å². The van der Waals surface area contributed by atoms with Crippen LogP contribution in [0, 0.1) is 0 Å². The molecule has 2 N–H and O–H groups in total. The third kappa shape index (κ3) is 3.42. The van der Waals surface area contributed by atoms with Crippen molar-refractivity contribution in [2.24, 2.45) is 5.14 Å². The van der Waals surface area contributed by atoms with E-state index in [4.69, 9.17) is 9.88 Å². The molecule has 2 aromatic carbocycles. The molecule has 7 heteroatoms. The lowest BCUT2D eigenvalue weighted by Gasteiger charge is -2.23. The molecule has 1 fully saturated rings. The first kappa shape index (κ1) is 16.5. The molecule has 1 heterocycles. The minimum absolute atomic E-state index is 0.163. The number of aldehydes is 1. The number of nitrogens with zero attached hydrogens (tertiary/aromatic N) is 1. The summed E-state index contributed by atoms with van der Waals surface area (Å²) in [7, 11) is -4.05. The summed E-state index contributed by atoms with van der Waals surface area (Å²) < 4.78 is 29.9. The fourth-order valence-corrected chi connectivity index (χ4v) is 3.49. The first-order valence-corrected chi connectivity index (χ1v) is 9.17. The Kier molecular flexibility index (Phi) is 4.55. The monoisotopic (exact) mass is 346 g/mol. The number of nitrogens with two attached hydrogens (primary N) is 1. The zero-order valence-electron chi connectivity index (χ0n) is 13.0. The Morgan fingerprint density at radius 3 is 2.33 bits per heavy atom. The average Bonchev–Trinajstić information content (AvgIpc) is 3.09. The number of ether oxygens (including phenoxy) is 1. The van der Waals surface area contributed by atoms with Crippen LogP contribution in [-0.4, -0.2) is 27.8 Å². The quantitative estimate of drug-likeness (QED) is 0.840. The van der Waals surface area contributed by atoms with Crippen LogP contribution in [0.1, 0.15) is 23.2 Å². The van der Waals surface area contributed by atoms with Gasteiger partial charge in [-0.2, -0.15) is 0 Å². The van der Waals surface area contributed by atoms with Gasteiger partial charge in [0.15, 0.2) is 5.75 Å². The van der Waals surface area contributed by atoms with Crippen LogP contribution in [0.25, 0.3) is 0 Å². The summed E-state index contributed by atoms with van der Waals surface area (Å²) in [5, 5.41) is 5.36. The summed E-state index contributed by atoms with van der Waals surface area (Å²) >= 11 is 0. The molecule has 0 unspecified atom stereocenters. The highest BCUT2D eigenvalue weighted by atomic mass is 32.2. The van der Waals surface area contributed by atoms with Gasteiger partial charge in [0.25, 0.3) is 0 Å². The molecule has 0 radical (unpaired) electrons. The third-order valence-corrected chi connectivity index (χ3v) is 4.83. The number of rotatable bonds is 5. The van der Waals surface area contributed by atoms with Crippen LogP contribution in [0.3, 0.4) is 0 Å². The van der Waals surface area contributed by atoms with Gasteiger partial charge in [0, 0.05) is 18.7 Å². The maximum Gasteiger partial charge on any atom is 0.241 e. The predicted molar refractivity (Wildman–Crippen MR) is 91.2 cm³/mol. The van der Waals surface area contributed by atoms with Crippen molar-refractivity contribution in [1.29, 1.82) is 0 Å². The van der Waals surface area contributed by atoms with Crippen LogP contribution in [-0.2, 0) is 10.0 Å². The van der Waals surface area contributed by atoms with Gasteiger partial charge in [-0.1, -0.05) is 18.2 Å². The number of sulfonamides is 1. The van der Waals surface area contributed by atoms with E-state index in [9.17, 15) is 13.2 Å². The first-order chi connectivity index (χ1) is 11.5. The van der Waals surface area contributed by atoms with Gasteiger partial charge in [0.05, 0.1) is 5.69 Å². The van der Waals surface area contributed by atoms with E-state index in [0.717, 1.165) is 25.9 Å². The molecular weight excluding hydrogens is 328 g/mol. The molecule has 1 aliphatic heterocycles. The van der Waals surface area contributed by atoms with Crippen molar-refractivity contribution >= 4 is 22.0 Å². The van der Waals surface area contributed by atoms with Crippen LogP contribution in [0.5, 0.6) is 11.5 Å². The number of carbonyl (C=O) groups is 1.